The lowest BCUT2D eigenvalue weighted by molar-refractivity contribution is -0.652. The zero-order valence-electron chi connectivity index (χ0n) is 32.8. The fraction of sp³-hybridized carbons (Fsp3) is 0.163. The van der Waals surface area contributed by atoms with Gasteiger partial charge in [-0.3, -0.25) is 4.55 Å². The molecule has 7 aromatic rings. The first-order chi connectivity index (χ1) is 28.4. The molecule has 0 bridgehead atoms. The molecule has 1 unspecified atom stereocenters. The van der Waals surface area contributed by atoms with Crippen LogP contribution in [0.4, 0.5) is 0 Å². The monoisotopic (exact) mass is 806 g/mol. The summed E-state index contributed by atoms with van der Waals surface area (Å²) in [6, 6.07) is 40.6. The van der Waals surface area contributed by atoms with Crippen molar-refractivity contribution in [3.05, 3.63) is 185 Å². The minimum Gasteiger partial charge on any atom is -0.489 e. The van der Waals surface area contributed by atoms with Crippen LogP contribution < -0.4 is 9.30 Å². The van der Waals surface area contributed by atoms with Crippen LogP contribution in [0.2, 0.25) is 0 Å². The maximum Gasteiger partial charge on any atom is 0.338 e. The van der Waals surface area contributed by atoms with Gasteiger partial charge in [-0.05, 0) is 108 Å². The number of aromatic nitrogens is 1. The molecule has 7 rings (SSSR count). The number of carboxylic acids is 1. The fourth-order valence-electron chi connectivity index (χ4n) is 7.54. The maximum absolute atomic E-state index is 13.5. The van der Waals surface area contributed by atoms with Gasteiger partial charge in [-0.25, -0.2) is 9.59 Å². The van der Waals surface area contributed by atoms with Crippen LogP contribution in [0.15, 0.2) is 140 Å². The highest BCUT2D eigenvalue weighted by molar-refractivity contribution is 7.85. The molecule has 0 aliphatic rings. The summed E-state index contributed by atoms with van der Waals surface area (Å²) in [5, 5.41) is 9.85. The number of benzene rings is 6. The Morgan fingerprint density at radius 3 is 2.05 bits per heavy atom. The zero-order chi connectivity index (χ0) is 41.7. The minimum absolute atomic E-state index is 0.00113. The van der Waals surface area contributed by atoms with Crippen LogP contribution in [-0.4, -0.2) is 30.0 Å². The van der Waals surface area contributed by atoms with E-state index in [0.717, 1.165) is 38.9 Å². The number of aromatic carboxylic acids is 1. The van der Waals surface area contributed by atoms with Crippen LogP contribution in [0.25, 0.3) is 39.0 Å². The van der Waals surface area contributed by atoms with Crippen molar-refractivity contribution in [2.45, 2.75) is 51.7 Å². The summed E-state index contributed by atoms with van der Waals surface area (Å²) < 4.78 is 51.3. The number of aryl methyl sites for hydroxylation is 3. The second-order valence-electron chi connectivity index (χ2n) is 14.6. The number of esters is 1. The SMILES string of the molecule is C=Cc1ccc(OCc2ccccc2)cc1-c1cc2c(cc1C)c(C(=O)O)c1ccc(C)cc1[n+]2C(CCCc1ccc(C(=O)OCc2ccccc2)cc1)S(=O)(=O)O. The third-order valence-corrected chi connectivity index (χ3v) is 11.6. The Balaban J connectivity index is 1.27. The minimum atomic E-state index is -4.77. The molecule has 1 heterocycles. The Bertz CT molecular complexity index is 2800. The number of fused-ring (bicyclic) bond motifs is 2. The average molecular weight is 807 g/mol. The number of nitrogens with zero attached hydrogens (tertiary/aromatic N) is 1. The fourth-order valence-corrected chi connectivity index (χ4v) is 8.50. The normalized spacial score (nSPS) is 12.0. The Kier molecular flexibility index (Phi) is 12.0. The van der Waals surface area contributed by atoms with Gasteiger partial charge in [0.1, 0.15) is 19.0 Å². The molecule has 0 fully saturated rings. The number of pyridine rings is 1. The summed E-state index contributed by atoms with van der Waals surface area (Å²) in [6.45, 7) is 8.25. The lowest BCUT2D eigenvalue weighted by atomic mass is 9.91. The molecule has 6 aromatic carbocycles. The van der Waals surface area contributed by atoms with Gasteiger partial charge in [-0.15, -0.1) is 0 Å². The predicted molar refractivity (Wildman–Crippen MR) is 230 cm³/mol. The summed E-state index contributed by atoms with van der Waals surface area (Å²) in [7, 11) is -4.77. The zero-order valence-corrected chi connectivity index (χ0v) is 33.6. The maximum atomic E-state index is 13.5. The van der Waals surface area contributed by atoms with Gasteiger partial charge in [0, 0.05) is 18.6 Å². The summed E-state index contributed by atoms with van der Waals surface area (Å²) >= 11 is 0. The van der Waals surface area contributed by atoms with Crippen LogP contribution in [0.3, 0.4) is 0 Å². The van der Waals surface area contributed by atoms with Crippen molar-refractivity contribution >= 4 is 49.9 Å². The first-order valence-corrected chi connectivity index (χ1v) is 20.8. The third-order valence-electron chi connectivity index (χ3n) is 10.5. The molecule has 9 nitrogen and oxygen atoms in total. The molecular weight excluding hydrogens is 763 g/mol. The molecule has 1 atom stereocenters. The topological polar surface area (TPSA) is 131 Å². The molecule has 0 radical (unpaired) electrons. The summed E-state index contributed by atoms with van der Waals surface area (Å²) in [4.78, 5) is 25.8. The van der Waals surface area contributed by atoms with Crippen molar-refractivity contribution in [1.29, 1.82) is 0 Å². The van der Waals surface area contributed by atoms with E-state index in [-0.39, 0.29) is 18.6 Å². The van der Waals surface area contributed by atoms with Gasteiger partial charge in [0.2, 0.25) is 11.0 Å². The summed E-state index contributed by atoms with van der Waals surface area (Å²) in [5.74, 6) is -1.01. The Morgan fingerprint density at radius 2 is 1.41 bits per heavy atom. The molecule has 2 N–H and O–H groups in total. The quantitative estimate of drug-likeness (QED) is 0.0453. The van der Waals surface area contributed by atoms with E-state index in [1.807, 2.05) is 92.7 Å². The van der Waals surface area contributed by atoms with E-state index >= 15 is 0 Å². The van der Waals surface area contributed by atoms with E-state index in [9.17, 15) is 27.7 Å². The van der Waals surface area contributed by atoms with E-state index in [1.54, 1.807) is 65.2 Å². The van der Waals surface area contributed by atoms with Crippen molar-refractivity contribution in [3.63, 3.8) is 0 Å². The molecule has 0 saturated carbocycles. The van der Waals surface area contributed by atoms with Crippen molar-refractivity contribution in [1.82, 2.24) is 0 Å². The predicted octanol–water partition coefficient (Wildman–Crippen LogP) is 10.3. The van der Waals surface area contributed by atoms with E-state index in [0.29, 0.717) is 58.1 Å². The molecule has 1 aromatic heterocycles. The van der Waals surface area contributed by atoms with Crippen LogP contribution in [0.5, 0.6) is 5.75 Å². The number of ether oxygens (including phenoxy) is 2. The Hall–Kier alpha value is -6.62. The standard InChI is InChI=1S/C49H43NO8S/c1-4-37-23-24-39(57-30-35-12-7-5-8-13-35)28-42(37)41-29-45-43(27-33(41)3)47(48(51)52)40-25-18-32(2)26-44(40)50(45)46(59(54,55)56)17-11-16-34-19-21-38(22-20-34)49(53)58-31-36-14-9-6-10-15-36/h4-10,12-15,18-29,46H,1,11,16-17,30-31H2,2-3H3,(H-,51,52,54,55,56)/p+1. The van der Waals surface area contributed by atoms with Gasteiger partial charge in [-0.2, -0.15) is 13.0 Å². The first kappa shape index (κ1) is 40.6. The first-order valence-electron chi connectivity index (χ1n) is 19.3. The van der Waals surface area contributed by atoms with Gasteiger partial charge in [0.25, 0.3) is 5.37 Å². The van der Waals surface area contributed by atoms with Crippen LogP contribution in [0.1, 0.15) is 72.3 Å². The van der Waals surface area contributed by atoms with Crippen molar-refractivity contribution < 1.29 is 41.7 Å². The van der Waals surface area contributed by atoms with E-state index in [1.165, 1.54) is 0 Å². The van der Waals surface area contributed by atoms with Crippen molar-refractivity contribution in [2.24, 2.45) is 0 Å². The van der Waals surface area contributed by atoms with E-state index in [4.69, 9.17) is 9.47 Å². The molecule has 0 spiro atoms. The lowest BCUT2D eigenvalue weighted by Gasteiger charge is -2.18. The summed E-state index contributed by atoms with van der Waals surface area (Å²) in [5.41, 5.74) is 7.64. The molecule has 0 saturated heterocycles. The molecule has 0 aliphatic carbocycles. The third kappa shape index (κ3) is 9.09. The van der Waals surface area contributed by atoms with Crippen LogP contribution in [-0.2, 0) is 34.5 Å². The van der Waals surface area contributed by atoms with Gasteiger partial charge in [-0.1, -0.05) is 97.6 Å². The highest BCUT2D eigenvalue weighted by Gasteiger charge is 2.38. The number of carbonyl (C=O) groups excluding carboxylic acids is 1. The number of rotatable bonds is 15. The largest absolute Gasteiger partial charge is 0.489 e. The highest BCUT2D eigenvalue weighted by atomic mass is 32.2. The van der Waals surface area contributed by atoms with Gasteiger partial charge in [0.15, 0.2) is 0 Å². The second-order valence-corrected chi connectivity index (χ2v) is 16.2. The van der Waals surface area contributed by atoms with E-state index < -0.39 is 27.4 Å². The van der Waals surface area contributed by atoms with Gasteiger partial charge in [0.05, 0.1) is 21.9 Å². The lowest BCUT2D eigenvalue weighted by Crippen LogP contribution is -2.45. The summed E-state index contributed by atoms with van der Waals surface area (Å²) in [6.07, 6.45) is 2.50. The van der Waals surface area contributed by atoms with Crippen LogP contribution in [0, 0.1) is 13.8 Å². The molecule has 59 heavy (non-hydrogen) atoms. The number of carboxylic acid groups (broad SMARTS) is 1. The molecule has 298 valence electrons. The van der Waals surface area contributed by atoms with Crippen LogP contribution >= 0.6 is 0 Å². The number of carbonyl (C=O) groups is 2. The van der Waals surface area contributed by atoms with Gasteiger partial charge >= 0.3 is 22.1 Å². The van der Waals surface area contributed by atoms with Crippen molar-refractivity contribution in [2.75, 3.05) is 0 Å². The number of hydrogen-bond acceptors (Lipinski definition) is 6. The highest BCUT2D eigenvalue weighted by Crippen LogP contribution is 2.37. The smallest absolute Gasteiger partial charge is 0.338 e. The molecule has 0 aliphatic heterocycles. The molecular formula is C49H44NO8S+. The Morgan fingerprint density at radius 1 is 0.746 bits per heavy atom. The second kappa shape index (κ2) is 17.5. The molecule has 0 amide bonds. The average Bonchev–Trinajstić information content (AvgIpc) is 3.23. The van der Waals surface area contributed by atoms with E-state index in [2.05, 4.69) is 6.58 Å². The molecule has 10 heteroatoms. The van der Waals surface area contributed by atoms with Crippen molar-refractivity contribution in [3.8, 4) is 16.9 Å². The number of hydrogen-bond donors (Lipinski definition) is 2. The Labute approximate surface area is 343 Å². The van der Waals surface area contributed by atoms with Gasteiger partial charge < -0.3 is 14.6 Å².